The zero-order valence-corrected chi connectivity index (χ0v) is 15.2. The second-order valence-corrected chi connectivity index (χ2v) is 6.29. The first-order chi connectivity index (χ1) is 11.0. The Morgan fingerprint density at radius 3 is 2.78 bits per heavy atom. The first-order valence-electron chi connectivity index (χ1n) is 7.03. The molecular weight excluding hydrogens is 380 g/mol. The Morgan fingerprint density at radius 2 is 2.17 bits per heavy atom. The Bertz CT molecular complexity index is 687. The Labute approximate surface area is 148 Å². The summed E-state index contributed by atoms with van der Waals surface area (Å²) < 4.78 is 11.5. The van der Waals surface area contributed by atoms with Crippen LogP contribution in [0.5, 0.6) is 5.75 Å². The molecule has 1 heterocycles. The van der Waals surface area contributed by atoms with Gasteiger partial charge in [0.15, 0.2) is 5.11 Å². The van der Waals surface area contributed by atoms with Crippen molar-refractivity contribution in [2.24, 2.45) is 0 Å². The molecule has 0 bridgehead atoms. The topological polar surface area (TPSA) is 63.5 Å². The third-order valence-electron chi connectivity index (χ3n) is 2.79. The summed E-state index contributed by atoms with van der Waals surface area (Å²) in [6.07, 6.45) is 1.64. The maximum Gasteiger partial charge on any atom is 0.257 e. The number of carbonyl (C=O) groups is 1. The average Bonchev–Trinajstić information content (AvgIpc) is 3.00. The molecule has 0 spiro atoms. The highest BCUT2D eigenvalue weighted by Gasteiger charge is 2.11. The minimum atomic E-state index is -0.293. The lowest BCUT2D eigenvalue weighted by atomic mass is 10.2. The third kappa shape index (κ3) is 5.37. The highest BCUT2D eigenvalue weighted by molar-refractivity contribution is 9.10. The third-order valence-corrected chi connectivity index (χ3v) is 3.65. The molecule has 0 saturated carbocycles. The molecule has 7 heteroatoms. The SMILES string of the molecule is CC(C)Oc1ccc(C(=O)NC(=S)NCc2ccco2)cc1Br. The van der Waals surface area contributed by atoms with Crippen LogP contribution in [0.3, 0.4) is 0 Å². The van der Waals surface area contributed by atoms with Gasteiger partial charge in [0.1, 0.15) is 11.5 Å². The summed E-state index contributed by atoms with van der Waals surface area (Å²) >= 11 is 8.50. The van der Waals surface area contributed by atoms with E-state index in [1.807, 2.05) is 19.9 Å². The van der Waals surface area contributed by atoms with Crippen molar-refractivity contribution < 1.29 is 13.9 Å². The van der Waals surface area contributed by atoms with Crippen LogP contribution in [0.25, 0.3) is 0 Å². The van der Waals surface area contributed by atoms with E-state index in [9.17, 15) is 4.79 Å². The molecule has 0 atom stereocenters. The summed E-state index contributed by atoms with van der Waals surface area (Å²) in [5, 5.41) is 5.77. The number of hydrogen-bond acceptors (Lipinski definition) is 4. The fraction of sp³-hybridized carbons (Fsp3) is 0.250. The summed E-state index contributed by atoms with van der Waals surface area (Å²) in [6, 6.07) is 8.74. The molecule has 0 fully saturated rings. The number of thiocarbonyl (C=S) groups is 1. The number of carbonyl (C=O) groups excluding carboxylic acids is 1. The number of hydrogen-bond donors (Lipinski definition) is 2. The minimum Gasteiger partial charge on any atom is -0.490 e. The van der Waals surface area contributed by atoms with Gasteiger partial charge < -0.3 is 14.5 Å². The van der Waals surface area contributed by atoms with Crippen LogP contribution in [-0.2, 0) is 6.54 Å². The lowest BCUT2D eigenvalue weighted by Crippen LogP contribution is -2.38. The van der Waals surface area contributed by atoms with Gasteiger partial charge in [-0.05, 0) is 72.3 Å². The van der Waals surface area contributed by atoms with Gasteiger partial charge >= 0.3 is 0 Å². The maximum atomic E-state index is 12.2. The second-order valence-electron chi connectivity index (χ2n) is 5.03. The van der Waals surface area contributed by atoms with Crippen LogP contribution < -0.4 is 15.4 Å². The predicted molar refractivity (Wildman–Crippen MR) is 95.5 cm³/mol. The molecule has 0 aliphatic rings. The molecule has 1 aromatic carbocycles. The molecule has 0 aliphatic carbocycles. The van der Waals surface area contributed by atoms with E-state index in [4.69, 9.17) is 21.4 Å². The van der Waals surface area contributed by atoms with Crippen molar-refractivity contribution in [2.45, 2.75) is 26.5 Å². The maximum absolute atomic E-state index is 12.2. The smallest absolute Gasteiger partial charge is 0.257 e. The van der Waals surface area contributed by atoms with Crippen LogP contribution in [0.2, 0.25) is 0 Å². The van der Waals surface area contributed by atoms with E-state index >= 15 is 0 Å². The lowest BCUT2D eigenvalue weighted by molar-refractivity contribution is 0.0976. The Kier molecular flexibility index (Phi) is 6.18. The Balaban J connectivity index is 1.92. The highest BCUT2D eigenvalue weighted by Crippen LogP contribution is 2.26. The summed E-state index contributed by atoms with van der Waals surface area (Å²) in [4.78, 5) is 12.2. The molecule has 0 aliphatic heterocycles. The first kappa shape index (κ1) is 17.5. The van der Waals surface area contributed by atoms with E-state index in [0.717, 1.165) is 5.76 Å². The molecule has 122 valence electrons. The molecule has 1 aromatic heterocycles. The largest absolute Gasteiger partial charge is 0.490 e. The molecular formula is C16H17BrN2O3S. The monoisotopic (exact) mass is 396 g/mol. The van der Waals surface area contributed by atoms with Crippen LogP contribution in [-0.4, -0.2) is 17.1 Å². The van der Waals surface area contributed by atoms with Crippen LogP contribution in [0.4, 0.5) is 0 Å². The van der Waals surface area contributed by atoms with Gasteiger partial charge in [0.25, 0.3) is 5.91 Å². The number of rotatable bonds is 5. The van der Waals surface area contributed by atoms with Gasteiger partial charge in [-0.1, -0.05) is 0 Å². The van der Waals surface area contributed by atoms with Gasteiger partial charge in [0.05, 0.1) is 23.4 Å². The number of amides is 1. The number of furan rings is 1. The van der Waals surface area contributed by atoms with Gasteiger partial charge in [0.2, 0.25) is 0 Å². The Morgan fingerprint density at radius 1 is 1.39 bits per heavy atom. The van der Waals surface area contributed by atoms with Crippen LogP contribution >= 0.6 is 28.1 Å². The number of halogens is 1. The fourth-order valence-electron chi connectivity index (χ4n) is 1.79. The number of ether oxygens (including phenoxy) is 1. The molecule has 2 N–H and O–H groups in total. The Hall–Kier alpha value is -1.86. The van der Waals surface area contributed by atoms with E-state index in [1.54, 1.807) is 30.5 Å². The predicted octanol–water partition coefficient (Wildman–Crippen LogP) is 3.63. The molecule has 0 unspecified atom stereocenters. The van der Waals surface area contributed by atoms with Crippen molar-refractivity contribution in [1.82, 2.24) is 10.6 Å². The average molecular weight is 397 g/mol. The zero-order valence-electron chi connectivity index (χ0n) is 12.8. The van der Waals surface area contributed by atoms with Gasteiger partial charge in [-0.25, -0.2) is 0 Å². The molecule has 23 heavy (non-hydrogen) atoms. The van der Waals surface area contributed by atoms with E-state index < -0.39 is 0 Å². The fourth-order valence-corrected chi connectivity index (χ4v) is 2.43. The molecule has 2 aromatic rings. The summed E-state index contributed by atoms with van der Waals surface area (Å²) in [6.45, 7) is 4.29. The molecule has 2 rings (SSSR count). The molecule has 1 amide bonds. The standard InChI is InChI=1S/C16H17BrN2O3S/c1-10(2)22-14-6-5-11(8-13(14)17)15(20)19-16(23)18-9-12-4-3-7-21-12/h3-8,10H,9H2,1-2H3,(H2,18,19,20,23). The van der Waals surface area contributed by atoms with E-state index in [2.05, 4.69) is 26.6 Å². The van der Waals surface area contributed by atoms with Gasteiger partial charge in [0, 0.05) is 5.56 Å². The van der Waals surface area contributed by atoms with Crippen molar-refractivity contribution in [3.05, 3.63) is 52.4 Å². The van der Waals surface area contributed by atoms with E-state index in [0.29, 0.717) is 22.3 Å². The van der Waals surface area contributed by atoms with Crippen molar-refractivity contribution in [1.29, 1.82) is 0 Å². The lowest BCUT2D eigenvalue weighted by Gasteiger charge is -2.13. The van der Waals surface area contributed by atoms with Crippen LogP contribution in [0, 0.1) is 0 Å². The van der Waals surface area contributed by atoms with Gasteiger partial charge in [-0.3, -0.25) is 10.1 Å². The van der Waals surface area contributed by atoms with Gasteiger partial charge in [-0.15, -0.1) is 0 Å². The normalized spacial score (nSPS) is 10.4. The summed E-state index contributed by atoms with van der Waals surface area (Å²) in [5.41, 5.74) is 0.482. The van der Waals surface area contributed by atoms with Gasteiger partial charge in [-0.2, -0.15) is 0 Å². The quantitative estimate of drug-likeness (QED) is 0.755. The second kappa shape index (κ2) is 8.12. The zero-order chi connectivity index (χ0) is 16.8. The summed E-state index contributed by atoms with van der Waals surface area (Å²) in [5.74, 6) is 1.13. The van der Waals surface area contributed by atoms with Crippen molar-refractivity contribution in [3.63, 3.8) is 0 Å². The highest BCUT2D eigenvalue weighted by atomic mass is 79.9. The van der Waals surface area contributed by atoms with Crippen LogP contribution in [0.15, 0.2) is 45.5 Å². The van der Waals surface area contributed by atoms with E-state index in [1.165, 1.54) is 0 Å². The summed E-state index contributed by atoms with van der Waals surface area (Å²) in [7, 11) is 0. The van der Waals surface area contributed by atoms with Crippen molar-refractivity contribution >= 4 is 39.2 Å². The minimum absolute atomic E-state index is 0.0596. The van der Waals surface area contributed by atoms with Crippen molar-refractivity contribution in [3.8, 4) is 5.75 Å². The van der Waals surface area contributed by atoms with E-state index in [-0.39, 0.29) is 17.1 Å². The van der Waals surface area contributed by atoms with Crippen molar-refractivity contribution in [2.75, 3.05) is 0 Å². The first-order valence-corrected chi connectivity index (χ1v) is 8.23. The molecule has 0 radical (unpaired) electrons. The number of benzene rings is 1. The number of nitrogens with one attached hydrogen (secondary N) is 2. The van der Waals surface area contributed by atoms with Crippen LogP contribution in [0.1, 0.15) is 30.0 Å². The molecule has 5 nitrogen and oxygen atoms in total. The molecule has 0 saturated heterocycles.